The van der Waals surface area contributed by atoms with Gasteiger partial charge in [0.15, 0.2) is 0 Å². The molecule has 1 aliphatic rings. The molecular weight excluding hydrogens is 348 g/mol. The van der Waals surface area contributed by atoms with Crippen molar-refractivity contribution in [1.82, 2.24) is 10.2 Å². The van der Waals surface area contributed by atoms with Crippen LogP contribution in [0.4, 0.5) is 0 Å². The summed E-state index contributed by atoms with van der Waals surface area (Å²) in [4.78, 5) is 14.6. The van der Waals surface area contributed by atoms with Crippen molar-refractivity contribution in [1.29, 1.82) is 0 Å². The molecule has 3 rings (SSSR count). The summed E-state index contributed by atoms with van der Waals surface area (Å²) in [6, 6.07) is 11.1. The number of rotatable bonds is 5. The average molecular weight is 373 g/mol. The standard InChI is InChI=1S/C21H25ClN2O2/c1-13-14(2)20(25)8-7-19(13)15(3)24-11-16(12-24)10-23-21(26)17-5-4-6-18(22)9-17/h4-9,15-16,25H,10-12H2,1-3H3,(H,23,26). The zero-order chi connectivity index (χ0) is 18.8. The molecule has 0 spiro atoms. The molecule has 5 heteroatoms. The fourth-order valence-electron chi connectivity index (χ4n) is 3.50. The van der Waals surface area contributed by atoms with Crippen LogP contribution in [0.15, 0.2) is 36.4 Å². The van der Waals surface area contributed by atoms with Gasteiger partial charge in [0.25, 0.3) is 5.91 Å². The van der Waals surface area contributed by atoms with Crippen molar-refractivity contribution >= 4 is 17.5 Å². The van der Waals surface area contributed by atoms with Gasteiger partial charge in [-0.1, -0.05) is 23.7 Å². The van der Waals surface area contributed by atoms with Crippen molar-refractivity contribution in [2.24, 2.45) is 5.92 Å². The van der Waals surface area contributed by atoms with E-state index in [1.165, 1.54) is 5.56 Å². The zero-order valence-electron chi connectivity index (χ0n) is 15.4. The van der Waals surface area contributed by atoms with Crippen LogP contribution in [-0.2, 0) is 0 Å². The number of nitrogens with zero attached hydrogens (tertiary/aromatic N) is 1. The van der Waals surface area contributed by atoms with Crippen molar-refractivity contribution in [3.05, 3.63) is 63.7 Å². The SMILES string of the molecule is Cc1c(O)ccc(C(C)N2CC(CNC(=O)c3cccc(Cl)c3)C2)c1C. The van der Waals surface area contributed by atoms with Crippen LogP contribution in [-0.4, -0.2) is 35.5 Å². The first-order chi connectivity index (χ1) is 12.4. The maximum absolute atomic E-state index is 12.2. The minimum atomic E-state index is -0.0796. The molecule has 138 valence electrons. The number of amides is 1. The Bertz CT molecular complexity index is 816. The molecule has 1 amide bonds. The first kappa shape index (κ1) is 18.7. The summed E-state index contributed by atoms with van der Waals surface area (Å²) in [6.07, 6.45) is 0. The monoisotopic (exact) mass is 372 g/mol. The van der Waals surface area contributed by atoms with Gasteiger partial charge in [-0.25, -0.2) is 0 Å². The van der Waals surface area contributed by atoms with Gasteiger partial charge < -0.3 is 10.4 Å². The highest BCUT2D eigenvalue weighted by molar-refractivity contribution is 6.30. The zero-order valence-corrected chi connectivity index (χ0v) is 16.2. The Morgan fingerprint density at radius 2 is 2.00 bits per heavy atom. The first-order valence-electron chi connectivity index (χ1n) is 8.93. The van der Waals surface area contributed by atoms with Gasteiger partial charge in [-0.2, -0.15) is 0 Å². The molecule has 1 aliphatic heterocycles. The van der Waals surface area contributed by atoms with Gasteiger partial charge in [0.2, 0.25) is 0 Å². The maximum Gasteiger partial charge on any atom is 0.251 e. The van der Waals surface area contributed by atoms with E-state index < -0.39 is 0 Å². The minimum Gasteiger partial charge on any atom is -0.508 e. The smallest absolute Gasteiger partial charge is 0.251 e. The average Bonchev–Trinajstić information content (AvgIpc) is 2.58. The third-order valence-corrected chi connectivity index (χ3v) is 5.66. The number of phenols is 1. The third-order valence-electron chi connectivity index (χ3n) is 5.42. The highest BCUT2D eigenvalue weighted by Crippen LogP contribution is 2.33. The Balaban J connectivity index is 1.51. The number of benzene rings is 2. The summed E-state index contributed by atoms with van der Waals surface area (Å²) >= 11 is 5.93. The molecule has 1 saturated heterocycles. The van der Waals surface area contributed by atoms with E-state index in [0.29, 0.717) is 34.8 Å². The van der Waals surface area contributed by atoms with Gasteiger partial charge in [-0.15, -0.1) is 0 Å². The Hall–Kier alpha value is -2.04. The van der Waals surface area contributed by atoms with Crippen molar-refractivity contribution in [2.45, 2.75) is 26.8 Å². The molecule has 0 aliphatic carbocycles. The van der Waals surface area contributed by atoms with Gasteiger partial charge in [0, 0.05) is 42.2 Å². The van der Waals surface area contributed by atoms with Gasteiger partial charge in [0.1, 0.15) is 5.75 Å². The largest absolute Gasteiger partial charge is 0.508 e. The number of aromatic hydroxyl groups is 1. The second kappa shape index (κ2) is 7.68. The summed E-state index contributed by atoms with van der Waals surface area (Å²) in [6.45, 7) is 8.78. The van der Waals surface area contributed by atoms with Crippen LogP contribution >= 0.6 is 11.6 Å². The molecule has 2 N–H and O–H groups in total. The lowest BCUT2D eigenvalue weighted by atomic mass is 9.91. The number of likely N-dealkylation sites (tertiary alicyclic amines) is 1. The number of carbonyl (C=O) groups is 1. The van der Waals surface area contributed by atoms with Crippen molar-refractivity contribution in [3.63, 3.8) is 0 Å². The van der Waals surface area contributed by atoms with E-state index in [-0.39, 0.29) is 5.91 Å². The molecule has 4 nitrogen and oxygen atoms in total. The van der Waals surface area contributed by atoms with Crippen molar-refractivity contribution in [2.75, 3.05) is 19.6 Å². The summed E-state index contributed by atoms with van der Waals surface area (Å²) in [5.74, 6) is 0.728. The number of halogens is 1. The van der Waals surface area contributed by atoms with E-state index in [9.17, 15) is 9.90 Å². The van der Waals surface area contributed by atoms with Crippen molar-refractivity contribution in [3.8, 4) is 5.75 Å². The summed E-state index contributed by atoms with van der Waals surface area (Å²) < 4.78 is 0. The third kappa shape index (κ3) is 3.87. The first-order valence-corrected chi connectivity index (χ1v) is 9.31. The molecule has 0 saturated carbocycles. The summed E-state index contributed by atoms with van der Waals surface area (Å²) in [5.41, 5.74) is 3.94. The fraction of sp³-hybridized carbons (Fsp3) is 0.381. The lowest BCUT2D eigenvalue weighted by Gasteiger charge is -2.44. The molecule has 26 heavy (non-hydrogen) atoms. The maximum atomic E-state index is 12.2. The molecule has 1 unspecified atom stereocenters. The Morgan fingerprint density at radius 3 is 2.69 bits per heavy atom. The number of phenolic OH excluding ortho intramolecular Hbond substituents is 1. The number of nitrogens with one attached hydrogen (secondary N) is 1. The summed E-state index contributed by atoms with van der Waals surface area (Å²) in [5, 5.41) is 13.4. The van der Waals surface area contributed by atoms with E-state index in [1.807, 2.05) is 13.0 Å². The molecule has 1 heterocycles. The molecule has 2 aromatic carbocycles. The van der Waals surface area contributed by atoms with E-state index in [0.717, 1.165) is 24.2 Å². The lowest BCUT2D eigenvalue weighted by Crippen LogP contribution is -2.52. The normalized spacial score (nSPS) is 16.2. The van der Waals surface area contributed by atoms with E-state index >= 15 is 0 Å². The second-order valence-electron chi connectivity index (χ2n) is 7.14. The van der Waals surface area contributed by atoms with Crippen LogP contribution in [0.5, 0.6) is 5.75 Å². The second-order valence-corrected chi connectivity index (χ2v) is 7.58. The van der Waals surface area contributed by atoms with Crippen LogP contribution in [0.25, 0.3) is 0 Å². The van der Waals surface area contributed by atoms with Crippen LogP contribution in [0.2, 0.25) is 5.02 Å². The molecule has 1 fully saturated rings. The molecule has 1 atom stereocenters. The van der Waals surface area contributed by atoms with E-state index in [4.69, 9.17) is 11.6 Å². The minimum absolute atomic E-state index is 0.0796. The van der Waals surface area contributed by atoms with Crippen LogP contribution < -0.4 is 5.32 Å². The predicted molar refractivity (Wildman–Crippen MR) is 105 cm³/mol. The van der Waals surface area contributed by atoms with Gasteiger partial charge >= 0.3 is 0 Å². The van der Waals surface area contributed by atoms with Gasteiger partial charge in [-0.05, 0) is 61.7 Å². The van der Waals surface area contributed by atoms with Crippen LogP contribution in [0.1, 0.15) is 40.0 Å². The number of hydrogen-bond acceptors (Lipinski definition) is 3. The molecule has 0 radical (unpaired) electrons. The molecule has 0 aromatic heterocycles. The number of hydrogen-bond donors (Lipinski definition) is 2. The van der Waals surface area contributed by atoms with Crippen LogP contribution in [0, 0.1) is 19.8 Å². The predicted octanol–water partition coefficient (Wildman–Crippen LogP) is 4.09. The topological polar surface area (TPSA) is 52.6 Å². The highest BCUT2D eigenvalue weighted by Gasteiger charge is 2.31. The van der Waals surface area contributed by atoms with Gasteiger partial charge in [0.05, 0.1) is 0 Å². The lowest BCUT2D eigenvalue weighted by molar-refractivity contribution is 0.0569. The molecule has 0 bridgehead atoms. The molecular formula is C21H25ClN2O2. The quantitative estimate of drug-likeness (QED) is 0.831. The van der Waals surface area contributed by atoms with Crippen molar-refractivity contribution < 1.29 is 9.90 Å². The van der Waals surface area contributed by atoms with Gasteiger partial charge in [-0.3, -0.25) is 9.69 Å². The Morgan fingerprint density at radius 1 is 1.27 bits per heavy atom. The highest BCUT2D eigenvalue weighted by atomic mass is 35.5. The molecule has 2 aromatic rings. The Kier molecular flexibility index (Phi) is 5.54. The fourth-order valence-corrected chi connectivity index (χ4v) is 3.69. The summed E-state index contributed by atoms with van der Waals surface area (Å²) in [7, 11) is 0. The van der Waals surface area contributed by atoms with E-state index in [2.05, 4.69) is 24.1 Å². The Labute approximate surface area is 159 Å². The van der Waals surface area contributed by atoms with E-state index in [1.54, 1.807) is 30.3 Å². The van der Waals surface area contributed by atoms with Crippen LogP contribution in [0.3, 0.4) is 0 Å². The number of carbonyl (C=O) groups excluding carboxylic acids is 1.